The largest absolute Gasteiger partial charge is 0.322 e. The van der Waals surface area contributed by atoms with Crippen molar-refractivity contribution in [2.45, 2.75) is 64.2 Å². The van der Waals surface area contributed by atoms with E-state index in [1.54, 1.807) is 24.3 Å². The van der Waals surface area contributed by atoms with Gasteiger partial charge in [0.15, 0.2) is 11.6 Å². The van der Waals surface area contributed by atoms with E-state index in [2.05, 4.69) is 44.0 Å². The van der Waals surface area contributed by atoms with Gasteiger partial charge >= 0.3 is 0 Å². The fraction of sp³-hybridized carbons (Fsp3) is 0.297. The summed E-state index contributed by atoms with van der Waals surface area (Å²) in [5.41, 5.74) is 5.17. The zero-order valence-corrected chi connectivity index (χ0v) is 27.6. The number of rotatable bonds is 5. The Labute approximate surface area is 274 Å². The first-order valence-electron chi connectivity index (χ1n) is 15.4. The highest BCUT2D eigenvalue weighted by molar-refractivity contribution is 7.89. The van der Waals surface area contributed by atoms with Crippen molar-refractivity contribution in [3.05, 3.63) is 112 Å². The van der Waals surface area contributed by atoms with E-state index in [0.29, 0.717) is 53.6 Å². The van der Waals surface area contributed by atoms with Gasteiger partial charge in [0.2, 0.25) is 10.0 Å². The lowest BCUT2D eigenvalue weighted by atomic mass is 9.63. The molecule has 6 rings (SSSR count). The number of nitrogens with zero attached hydrogens (tertiary/aromatic N) is 2. The molecule has 0 unspecified atom stereocenters. The van der Waals surface area contributed by atoms with Gasteiger partial charge in [-0.1, -0.05) is 39.8 Å². The Morgan fingerprint density at radius 2 is 1.32 bits per heavy atom. The number of sulfonamides is 1. The molecule has 0 saturated heterocycles. The molecule has 0 fully saturated rings. The number of carbonyl (C=O) groups excluding carboxylic acids is 3. The molecule has 0 aromatic heterocycles. The van der Waals surface area contributed by atoms with E-state index in [1.165, 1.54) is 24.3 Å². The lowest BCUT2D eigenvalue weighted by Crippen LogP contribution is -2.44. The molecule has 1 aliphatic heterocycles. The Hall–Kier alpha value is -4.85. The van der Waals surface area contributed by atoms with Gasteiger partial charge in [-0.15, -0.1) is 0 Å². The lowest BCUT2D eigenvalue weighted by Gasteiger charge is -2.49. The number of allylic oxidation sites excluding steroid dienone is 4. The second kappa shape index (κ2) is 11.4. The third kappa shape index (κ3) is 6.16. The lowest BCUT2D eigenvalue weighted by molar-refractivity contribution is -0.119. The molecule has 9 nitrogen and oxygen atoms in total. The minimum Gasteiger partial charge on any atom is -0.322 e. The van der Waals surface area contributed by atoms with Crippen molar-refractivity contribution in [2.24, 2.45) is 16.0 Å². The molecule has 2 aliphatic carbocycles. The van der Waals surface area contributed by atoms with Crippen molar-refractivity contribution >= 4 is 38.9 Å². The molecule has 0 bridgehead atoms. The number of Topliss-reactive ketones (excluding diaryl/α,β-unsaturated/α-hetero) is 2. The van der Waals surface area contributed by atoms with E-state index >= 15 is 0 Å². The SMILES string of the molecule is CC1(C)CC(=O)C2=C(C1)N(c1ccc(C(=O)Nc3ccc(S(N)(=O)=O)cc3)cc1)C1=C(C(=O)CC(C)(C)C1)C2c1ccc(C#N)cc1. The van der Waals surface area contributed by atoms with Crippen LogP contribution < -0.4 is 15.4 Å². The number of carbonyl (C=O) groups is 3. The van der Waals surface area contributed by atoms with Crippen LogP contribution in [0.2, 0.25) is 0 Å². The van der Waals surface area contributed by atoms with E-state index in [-0.39, 0.29) is 33.2 Å². The molecule has 240 valence electrons. The fourth-order valence-corrected chi connectivity index (χ4v) is 7.57. The molecule has 3 aromatic carbocycles. The number of benzene rings is 3. The Kier molecular flexibility index (Phi) is 7.81. The summed E-state index contributed by atoms with van der Waals surface area (Å²) in [6.07, 6.45) is 1.93. The molecule has 3 aliphatic rings. The third-order valence-corrected chi connectivity index (χ3v) is 10.0. The summed E-state index contributed by atoms with van der Waals surface area (Å²) in [6, 6.07) is 21.9. The summed E-state index contributed by atoms with van der Waals surface area (Å²) < 4.78 is 23.2. The smallest absolute Gasteiger partial charge is 0.255 e. The van der Waals surface area contributed by atoms with Crippen molar-refractivity contribution in [2.75, 3.05) is 10.2 Å². The van der Waals surface area contributed by atoms with Gasteiger partial charge in [-0.05, 0) is 89.9 Å². The third-order valence-electron chi connectivity index (χ3n) is 9.11. The van der Waals surface area contributed by atoms with Crippen LogP contribution in [-0.4, -0.2) is 25.9 Å². The number of hydrogen-bond acceptors (Lipinski definition) is 7. The highest BCUT2D eigenvalue weighted by Gasteiger charge is 2.49. The topological polar surface area (TPSA) is 150 Å². The maximum absolute atomic E-state index is 14.1. The van der Waals surface area contributed by atoms with Crippen LogP contribution in [-0.2, 0) is 19.6 Å². The number of nitrogens with one attached hydrogen (secondary N) is 1. The zero-order valence-electron chi connectivity index (χ0n) is 26.8. The van der Waals surface area contributed by atoms with Crippen LogP contribution in [0.5, 0.6) is 0 Å². The standard InChI is InChI=1S/C37H36N4O5S/c1-36(2)17-28-33(30(42)19-36)32(23-7-5-22(21-38)6-8-23)34-29(18-37(3,4)20-31(34)43)41(28)26-13-9-24(10-14-26)35(44)40-25-11-15-27(16-12-25)47(39,45)46/h5-16,32H,17-20H2,1-4H3,(H,40,44)(H2,39,45,46). The quantitative estimate of drug-likeness (QED) is 0.327. The molecular formula is C37H36N4O5S. The summed E-state index contributed by atoms with van der Waals surface area (Å²) in [5.74, 6) is -0.905. The van der Waals surface area contributed by atoms with Crippen LogP contribution in [0.3, 0.4) is 0 Å². The molecule has 3 aromatic rings. The summed E-state index contributed by atoms with van der Waals surface area (Å²) in [4.78, 5) is 43.3. The van der Waals surface area contributed by atoms with E-state index in [4.69, 9.17) is 5.14 Å². The van der Waals surface area contributed by atoms with E-state index < -0.39 is 15.9 Å². The maximum Gasteiger partial charge on any atom is 0.255 e. The zero-order chi connectivity index (χ0) is 33.9. The second-order valence-electron chi connectivity index (χ2n) is 14.2. The first kappa shape index (κ1) is 32.1. The van der Waals surface area contributed by atoms with Crippen LogP contribution in [0.4, 0.5) is 11.4 Å². The average Bonchev–Trinajstić information content (AvgIpc) is 2.99. The van der Waals surface area contributed by atoms with Gasteiger partial charge < -0.3 is 10.2 Å². The Balaban J connectivity index is 1.43. The van der Waals surface area contributed by atoms with Gasteiger partial charge in [0, 0.05) is 58.2 Å². The fourth-order valence-electron chi connectivity index (χ4n) is 7.05. The predicted octanol–water partition coefficient (Wildman–Crippen LogP) is 6.35. The highest BCUT2D eigenvalue weighted by atomic mass is 32.2. The number of amides is 1. The average molecular weight is 649 g/mol. The highest BCUT2D eigenvalue weighted by Crippen LogP contribution is 2.55. The van der Waals surface area contributed by atoms with Crippen molar-refractivity contribution in [3.8, 4) is 6.07 Å². The number of hydrogen-bond donors (Lipinski definition) is 2. The molecule has 0 saturated carbocycles. The molecule has 0 atom stereocenters. The van der Waals surface area contributed by atoms with E-state index in [1.807, 2.05) is 24.3 Å². The summed E-state index contributed by atoms with van der Waals surface area (Å²) in [5, 5.41) is 17.4. The Morgan fingerprint density at radius 3 is 1.79 bits per heavy atom. The number of anilines is 2. The van der Waals surface area contributed by atoms with Gasteiger partial charge in [-0.3, -0.25) is 14.4 Å². The Morgan fingerprint density at radius 1 is 0.809 bits per heavy atom. The van der Waals surface area contributed by atoms with Crippen molar-refractivity contribution in [1.29, 1.82) is 5.26 Å². The van der Waals surface area contributed by atoms with E-state index in [0.717, 1.165) is 22.6 Å². The number of nitrogens with two attached hydrogens (primary N) is 1. The molecule has 1 amide bonds. The van der Waals surface area contributed by atoms with Crippen LogP contribution in [0, 0.1) is 22.2 Å². The second-order valence-corrected chi connectivity index (χ2v) is 15.7. The number of primary sulfonamides is 1. The maximum atomic E-state index is 14.1. The number of nitriles is 1. The summed E-state index contributed by atoms with van der Waals surface area (Å²) in [7, 11) is -3.86. The molecule has 1 heterocycles. The van der Waals surface area contributed by atoms with Crippen LogP contribution in [0.1, 0.15) is 80.8 Å². The molecule has 3 N–H and O–H groups in total. The van der Waals surface area contributed by atoms with Gasteiger partial charge in [0.05, 0.1) is 16.5 Å². The molecular weight excluding hydrogens is 612 g/mol. The van der Waals surface area contributed by atoms with E-state index in [9.17, 15) is 28.1 Å². The van der Waals surface area contributed by atoms with Gasteiger partial charge in [-0.2, -0.15) is 5.26 Å². The number of ketones is 2. The predicted molar refractivity (Wildman–Crippen MR) is 179 cm³/mol. The minimum atomic E-state index is -3.86. The molecule has 47 heavy (non-hydrogen) atoms. The first-order chi connectivity index (χ1) is 22.1. The van der Waals surface area contributed by atoms with Gasteiger partial charge in [0.1, 0.15) is 0 Å². The minimum absolute atomic E-state index is 0.00393. The van der Waals surface area contributed by atoms with Gasteiger partial charge in [-0.25, -0.2) is 13.6 Å². The molecule has 10 heteroatoms. The summed E-state index contributed by atoms with van der Waals surface area (Å²) in [6.45, 7) is 8.30. The van der Waals surface area contributed by atoms with Crippen molar-refractivity contribution in [3.63, 3.8) is 0 Å². The monoisotopic (exact) mass is 648 g/mol. The van der Waals surface area contributed by atoms with Crippen molar-refractivity contribution in [1.82, 2.24) is 0 Å². The molecule has 0 radical (unpaired) electrons. The van der Waals surface area contributed by atoms with Gasteiger partial charge in [0.25, 0.3) is 5.91 Å². The van der Waals surface area contributed by atoms with Crippen LogP contribution in [0.15, 0.2) is 100 Å². The molecule has 0 spiro atoms. The normalized spacial score (nSPS) is 19.2. The van der Waals surface area contributed by atoms with Crippen molar-refractivity contribution < 1.29 is 22.8 Å². The Bertz CT molecular complexity index is 1980. The summed E-state index contributed by atoms with van der Waals surface area (Å²) >= 11 is 0. The van der Waals surface area contributed by atoms with Crippen LogP contribution in [0.25, 0.3) is 0 Å². The van der Waals surface area contributed by atoms with Crippen LogP contribution >= 0.6 is 0 Å². The first-order valence-corrected chi connectivity index (χ1v) is 17.0.